The first kappa shape index (κ1) is 18.8. The van der Waals surface area contributed by atoms with Gasteiger partial charge in [0.15, 0.2) is 0 Å². The second kappa shape index (κ2) is 10.2. The van der Waals surface area contributed by atoms with Crippen molar-refractivity contribution < 1.29 is 0 Å². The summed E-state index contributed by atoms with van der Waals surface area (Å²) in [6, 6.07) is 32.3. The Hall–Kier alpha value is -1.99. The van der Waals surface area contributed by atoms with E-state index in [-0.39, 0.29) is 0 Å². The highest BCUT2D eigenvalue weighted by Gasteiger charge is 2.14. The third-order valence-corrected chi connectivity index (χ3v) is 7.02. The first-order valence-electron chi connectivity index (χ1n) is 8.27. The fourth-order valence-electron chi connectivity index (χ4n) is 2.48. The van der Waals surface area contributed by atoms with Crippen LogP contribution in [-0.4, -0.2) is 4.98 Å². The molecule has 1 nitrogen and oxygen atoms in total. The number of hydrogen-bond donors (Lipinski definition) is 0. The molecule has 4 aromatic rings. The van der Waals surface area contributed by atoms with Gasteiger partial charge in [0.1, 0.15) is 0 Å². The van der Waals surface area contributed by atoms with Crippen molar-refractivity contribution in [3.63, 3.8) is 0 Å². The van der Waals surface area contributed by atoms with Crippen LogP contribution in [0, 0.1) is 0 Å². The molecule has 0 saturated carbocycles. The Morgan fingerprint density at radius 3 is 1.38 bits per heavy atom. The lowest BCUT2D eigenvalue weighted by atomic mass is 10.4. The molecule has 0 fully saturated rings. The summed E-state index contributed by atoms with van der Waals surface area (Å²) in [6.45, 7) is 0. The maximum Gasteiger partial charge on any atom is 0.0795 e. The van der Waals surface area contributed by atoms with Crippen molar-refractivity contribution >= 4 is 46.8 Å². The predicted molar refractivity (Wildman–Crippen MR) is 117 cm³/mol. The number of nitrogens with zero attached hydrogens (tertiary/aromatic N) is 1. The van der Waals surface area contributed by atoms with Crippen LogP contribution in [0.4, 0.5) is 0 Å². The molecule has 26 heavy (non-hydrogen) atoms. The molecule has 130 valence electrons. The zero-order valence-corrected chi connectivity index (χ0v) is 16.7. The maximum absolute atomic E-state index is 5.41. The highest BCUT2D eigenvalue weighted by Crippen LogP contribution is 2.32. The van der Waals surface area contributed by atoms with Crippen molar-refractivity contribution in [2.24, 2.45) is 0 Å². The molecule has 3 aromatic carbocycles. The molecular weight excluding hydrogens is 377 g/mol. The van der Waals surface area contributed by atoms with Gasteiger partial charge in [-0.2, -0.15) is 0 Å². The van der Waals surface area contributed by atoms with E-state index in [9.17, 15) is 0 Å². The van der Waals surface area contributed by atoms with Crippen molar-refractivity contribution in [3.8, 4) is 0 Å². The minimum absolute atomic E-state index is 0.446. The first-order valence-corrected chi connectivity index (χ1v) is 11.1. The van der Waals surface area contributed by atoms with Gasteiger partial charge in [-0.25, -0.2) is 4.98 Å². The lowest BCUT2D eigenvalue weighted by Crippen LogP contribution is -2.20. The van der Waals surface area contributed by atoms with Gasteiger partial charge in [0, 0.05) is 5.38 Å². The molecule has 4 heteroatoms. The Bertz CT molecular complexity index is 774. The van der Waals surface area contributed by atoms with Crippen LogP contribution < -0.4 is 15.9 Å². The van der Waals surface area contributed by atoms with Crippen molar-refractivity contribution in [2.45, 2.75) is 5.88 Å². The zero-order valence-electron chi connectivity index (χ0n) is 14.2. The number of hydrogen-bond acceptors (Lipinski definition) is 2. The fourth-order valence-corrected chi connectivity index (χ4v) is 5.58. The van der Waals surface area contributed by atoms with Crippen LogP contribution >= 0.6 is 30.9 Å². The molecule has 0 N–H and O–H groups in total. The lowest BCUT2D eigenvalue weighted by molar-refractivity contribution is 1.23. The van der Waals surface area contributed by atoms with Crippen molar-refractivity contribution in [2.75, 3.05) is 0 Å². The van der Waals surface area contributed by atoms with Gasteiger partial charge in [-0.05, 0) is 23.8 Å². The standard InChI is InChI=1S/C18H15P.C4H4ClNS/c1-4-10-16(11-5-1)19(17-12-6-2-7-13-17)18-14-8-3-9-15-18;5-1-4-2-7-3-6-4/h1-15H;2-3H,1H2. The normalized spacial score (nSPS) is 10.2. The highest BCUT2D eigenvalue weighted by atomic mass is 35.5. The number of halogens is 1. The summed E-state index contributed by atoms with van der Waals surface area (Å²) in [6.07, 6.45) is 0. The number of rotatable bonds is 4. The number of alkyl halides is 1. The van der Waals surface area contributed by atoms with Crippen molar-refractivity contribution in [3.05, 3.63) is 108 Å². The van der Waals surface area contributed by atoms with Gasteiger partial charge in [0.05, 0.1) is 17.1 Å². The van der Waals surface area contributed by atoms with E-state index in [1.165, 1.54) is 15.9 Å². The molecule has 0 radical (unpaired) electrons. The van der Waals surface area contributed by atoms with E-state index in [2.05, 4.69) is 96.0 Å². The number of benzene rings is 3. The smallest absolute Gasteiger partial charge is 0.0795 e. The van der Waals surface area contributed by atoms with Crippen LogP contribution in [0.2, 0.25) is 0 Å². The Labute approximate surface area is 165 Å². The molecule has 1 heterocycles. The van der Waals surface area contributed by atoms with E-state index in [1.807, 2.05) is 5.38 Å². The summed E-state index contributed by atoms with van der Waals surface area (Å²) < 4.78 is 0. The SMILES string of the molecule is ClCc1cscn1.c1ccc(P(c2ccccc2)c2ccccc2)cc1. The van der Waals surface area contributed by atoms with Crippen molar-refractivity contribution in [1.29, 1.82) is 0 Å². The summed E-state index contributed by atoms with van der Waals surface area (Å²) in [5, 5.41) is 6.13. The summed E-state index contributed by atoms with van der Waals surface area (Å²) in [7, 11) is -0.446. The first-order chi connectivity index (χ1) is 12.9. The van der Waals surface area contributed by atoms with Crippen LogP contribution in [-0.2, 0) is 5.88 Å². The summed E-state index contributed by atoms with van der Waals surface area (Å²) in [5.74, 6) is 0.531. The van der Waals surface area contributed by atoms with Gasteiger partial charge < -0.3 is 0 Å². The largest absolute Gasteiger partial charge is 0.248 e. The Morgan fingerprint density at radius 1 is 0.692 bits per heavy atom. The molecule has 1 aromatic heterocycles. The fraction of sp³-hybridized carbons (Fsp3) is 0.0455. The van der Waals surface area contributed by atoms with E-state index in [1.54, 1.807) is 16.8 Å². The summed E-state index contributed by atoms with van der Waals surface area (Å²) in [4.78, 5) is 3.92. The molecular formula is C22H19ClNPS. The van der Waals surface area contributed by atoms with E-state index in [4.69, 9.17) is 11.6 Å². The Morgan fingerprint density at radius 2 is 1.12 bits per heavy atom. The van der Waals surface area contributed by atoms with Crippen LogP contribution in [0.25, 0.3) is 0 Å². The Kier molecular flexibility index (Phi) is 7.39. The average molecular weight is 396 g/mol. The number of thiazole rings is 1. The minimum atomic E-state index is -0.446. The molecule has 0 bridgehead atoms. The molecule has 0 amide bonds. The van der Waals surface area contributed by atoms with E-state index in [0.29, 0.717) is 5.88 Å². The third-order valence-electron chi connectivity index (χ3n) is 3.66. The molecule has 0 saturated heterocycles. The van der Waals surface area contributed by atoms with E-state index >= 15 is 0 Å². The number of aromatic nitrogens is 1. The third kappa shape index (κ3) is 5.25. The molecule has 0 aliphatic heterocycles. The second-order valence-corrected chi connectivity index (χ2v) is 8.66. The second-order valence-electron chi connectivity index (χ2n) is 5.46. The summed E-state index contributed by atoms with van der Waals surface area (Å²) >= 11 is 6.98. The van der Waals surface area contributed by atoms with Crippen LogP contribution in [0.3, 0.4) is 0 Å². The van der Waals surface area contributed by atoms with Gasteiger partial charge in [-0.3, -0.25) is 0 Å². The van der Waals surface area contributed by atoms with Gasteiger partial charge in [0.2, 0.25) is 0 Å². The van der Waals surface area contributed by atoms with Gasteiger partial charge in [0.25, 0.3) is 0 Å². The maximum atomic E-state index is 5.41. The van der Waals surface area contributed by atoms with Crippen LogP contribution in [0.1, 0.15) is 5.69 Å². The van der Waals surface area contributed by atoms with E-state index < -0.39 is 7.92 Å². The predicted octanol–water partition coefficient (Wildman–Crippen LogP) is 5.33. The van der Waals surface area contributed by atoms with Crippen LogP contribution in [0.5, 0.6) is 0 Å². The van der Waals surface area contributed by atoms with Gasteiger partial charge >= 0.3 is 0 Å². The highest BCUT2D eigenvalue weighted by molar-refractivity contribution is 7.79. The molecule has 0 aliphatic carbocycles. The van der Waals surface area contributed by atoms with E-state index in [0.717, 1.165) is 5.69 Å². The molecule has 0 spiro atoms. The quantitative estimate of drug-likeness (QED) is 0.336. The monoisotopic (exact) mass is 395 g/mol. The van der Waals surface area contributed by atoms with Crippen LogP contribution in [0.15, 0.2) is 102 Å². The van der Waals surface area contributed by atoms with Gasteiger partial charge in [-0.15, -0.1) is 22.9 Å². The summed E-state index contributed by atoms with van der Waals surface area (Å²) in [5.41, 5.74) is 2.74. The van der Waals surface area contributed by atoms with Crippen molar-refractivity contribution in [1.82, 2.24) is 4.98 Å². The average Bonchev–Trinajstić information content (AvgIpc) is 3.25. The Balaban J connectivity index is 0.000000236. The topological polar surface area (TPSA) is 12.9 Å². The van der Waals surface area contributed by atoms with Gasteiger partial charge in [-0.1, -0.05) is 91.0 Å². The zero-order chi connectivity index (χ0) is 18.0. The molecule has 0 unspecified atom stereocenters. The molecule has 0 atom stereocenters. The lowest BCUT2D eigenvalue weighted by Gasteiger charge is -2.18. The minimum Gasteiger partial charge on any atom is -0.248 e. The molecule has 0 aliphatic rings. The molecule has 4 rings (SSSR count).